The lowest BCUT2D eigenvalue weighted by Gasteiger charge is -2.30. The summed E-state index contributed by atoms with van der Waals surface area (Å²) in [6.07, 6.45) is 4.09. The van der Waals surface area contributed by atoms with Crippen molar-refractivity contribution in [2.24, 2.45) is 5.92 Å². The number of hydrogen-bond acceptors (Lipinski definition) is 3. The second kappa shape index (κ2) is 7.14. The molecule has 2 nitrogen and oxygen atoms in total. The molecule has 2 heterocycles. The van der Waals surface area contributed by atoms with Gasteiger partial charge in [0.2, 0.25) is 0 Å². The minimum absolute atomic E-state index is 0.905. The summed E-state index contributed by atoms with van der Waals surface area (Å²) in [6.45, 7) is 8.44. The molecule has 0 unspecified atom stereocenters. The largest absolute Gasteiger partial charge is 0.312 e. The fourth-order valence-corrected chi connectivity index (χ4v) is 3.22. The number of nitrogens with one attached hydrogen (secondary N) is 1. The minimum atomic E-state index is 0.905. The summed E-state index contributed by atoms with van der Waals surface area (Å²) in [6, 6.07) is 4.32. The summed E-state index contributed by atoms with van der Waals surface area (Å²) in [7, 11) is 0. The van der Waals surface area contributed by atoms with Gasteiger partial charge in [0.05, 0.1) is 0 Å². The van der Waals surface area contributed by atoms with Crippen LogP contribution in [-0.4, -0.2) is 31.1 Å². The summed E-state index contributed by atoms with van der Waals surface area (Å²) in [5.41, 5.74) is 0. The van der Waals surface area contributed by atoms with Crippen molar-refractivity contribution >= 4 is 11.3 Å². The molecule has 96 valence electrons. The van der Waals surface area contributed by atoms with E-state index in [4.69, 9.17) is 0 Å². The van der Waals surface area contributed by atoms with E-state index in [1.54, 1.807) is 0 Å². The number of hydrogen-bond donors (Lipinski definition) is 1. The molecule has 0 amide bonds. The van der Waals surface area contributed by atoms with E-state index in [0.717, 1.165) is 19.0 Å². The van der Waals surface area contributed by atoms with Crippen molar-refractivity contribution in [3.05, 3.63) is 22.4 Å². The highest BCUT2D eigenvalue weighted by Gasteiger charge is 2.14. The number of nitrogens with zero attached hydrogens (tertiary/aromatic N) is 1. The highest BCUT2D eigenvalue weighted by atomic mass is 32.1. The van der Waals surface area contributed by atoms with Gasteiger partial charge in [0.25, 0.3) is 0 Å². The zero-order valence-corrected chi connectivity index (χ0v) is 11.6. The predicted molar refractivity (Wildman–Crippen MR) is 75.5 cm³/mol. The van der Waals surface area contributed by atoms with E-state index in [2.05, 4.69) is 34.7 Å². The fourth-order valence-electron chi connectivity index (χ4n) is 2.54. The van der Waals surface area contributed by atoms with Crippen molar-refractivity contribution in [2.45, 2.75) is 32.7 Å². The molecule has 1 aliphatic rings. The lowest BCUT2D eigenvalue weighted by molar-refractivity contribution is 0.182. The monoisotopic (exact) mass is 252 g/mol. The molecule has 1 aromatic heterocycles. The second-order valence-corrected chi connectivity index (χ2v) is 6.19. The average Bonchev–Trinajstić information content (AvgIpc) is 2.82. The van der Waals surface area contributed by atoms with Crippen molar-refractivity contribution in [2.75, 3.05) is 26.2 Å². The van der Waals surface area contributed by atoms with E-state index in [9.17, 15) is 0 Å². The smallest absolute Gasteiger partial charge is 0.0299 e. The Hall–Kier alpha value is -0.380. The van der Waals surface area contributed by atoms with E-state index in [1.165, 1.54) is 43.8 Å². The van der Waals surface area contributed by atoms with Crippen LogP contribution in [-0.2, 0) is 6.54 Å². The molecule has 1 fully saturated rings. The van der Waals surface area contributed by atoms with E-state index in [1.807, 2.05) is 11.3 Å². The molecule has 1 N–H and O–H groups in total. The molecule has 0 saturated carbocycles. The maximum Gasteiger partial charge on any atom is 0.0299 e. The van der Waals surface area contributed by atoms with Crippen molar-refractivity contribution in [1.29, 1.82) is 0 Å². The molecule has 1 atom stereocenters. The van der Waals surface area contributed by atoms with E-state index >= 15 is 0 Å². The Morgan fingerprint density at radius 1 is 1.53 bits per heavy atom. The zero-order chi connectivity index (χ0) is 11.9. The molecule has 0 aromatic carbocycles. The molecule has 1 aliphatic heterocycles. The standard InChI is InChI=1S/C14H24N2S/c1-13-5-2-8-16(12-13)9-4-7-15-11-14-6-3-10-17-14/h3,6,10,13,15H,2,4-5,7-9,11-12H2,1H3/t13-/m1/s1. The fraction of sp³-hybridized carbons (Fsp3) is 0.714. The van der Waals surface area contributed by atoms with Crippen LogP contribution in [0.3, 0.4) is 0 Å². The van der Waals surface area contributed by atoms with Crippen molar-refractivity contribution in [1.82, 2.24) is 10.2 Å². The molecule has 3 heteroatoms. The van der Waals surface area contributed by atoms with Crippen molar-refractivity contribution < 1.29 is 0 Å². The Kier molecular flexibility index (Phi) is 5.49. The molecule has 17 heavy (non-hydrogen) atoms. The van der Waals surface area contributed by atoms with Crippen LogP contribution >= 0.6 is 11.3 Å². The van der Waals surface area contributed by atoms with Crippen LogP contribution in [0, 0.1) is 5.92 Å². The highest BCUT2D eigenvalue weighted by molar-refractivity contribution is 7.09. The number of rotatable bonds is 6. The third-order valence-corrected chi connectivity index (χ3v) is 4.32. The lowest BCUT2D eigenvalue weighted by atomic mass is 10.0. The van der Waals surface area contributed by atoms with Gasteiger partial charge in [-0.15, -0.1) is 11.3 Å². The Labute approximate surface area is 109 Å². The van der Waals surface area contributed by atoms with E-state index in [0.29, 0.717) is 0 Å². The van der Waals surface area contributed by atoms with Gasteiger partial charge in [0.1, 0.15) is 0 Å². The molecular formula is C14H24N2S. The summed E-state index contributed by atoms with van der Waals surface area (Å²) >= 11 is 1.84. The summed E-state index contributed by atoms with van der Waals surface area (Å²) < 4.78 is 0. The van der Waals surface area contributed by atoms with E-state index in [-0.39, 0.29) is 0 Å². The minimum Gasteiger partial charge on any atom is -0.312 e. The van der Waals surface area contributed by atoms with Crippen molar-refractivity contribution in [3.8, 4) is 0 Å². The molecule has 0 bridgehead atoms. The molecule has 1 aromatic rings. The van der Waals surface area contributed by atoms with Gasteiger partial charge in [-0.2, -0.15) is 0 Å². The molecule has 0 radical (unpaired) electrons. The van der Waals surface area contributed by atoms with Crippen LogP contribution in [0.15, 0.2) is 17.5 Å². The number of thiophene rings is 1. The molecule has 1 saturated heterocycles. The maximum atomic E-state index is 3.52. The number of likely N-dealkylation sites (tertiary alicyclic amines) is 1. The maximum absolute atomic E-state index is 3.52. The molecular weight excluding hydrogens is 228 g/mol. The Bertz CT molecular complexity index is 297. The third kappa shape index (κ3) is 4.78. The van der Waals surface area contributed by atoms with Crippen LogP contribution in [0.1, 0.15) is 31.1 Å². The highest BCUT2D eigenvalue weighted by Crippen LogP contribution is 2.15. The quantitative estimate of drug-likeness (QED) is 0.783. The van der Waals surface area contributed by atoms with Gasteiger partial charge < -0.3 is 10.2 Å². The predicted octanol–water partition coefficient (Wildman–Crippen LogP) is 2.96. The molecule has 0 spiro atoms. The summed E-state index contributed by atoms with van der Waals surface area (Å²) in [5.74, 6) is 0.905. The van der Waals surface area contributed by atoms with Gasteiger partial charge >= 0.3 is 0 Å². The summed E-state index contributed by atoms with van der Waals surface area (Å²) in [5, 5.41) is 5.67. The average molecular weight is 252 g/mol. The van der Waals surface area contributed by atoms with E-state index < -0.39 is 0 Å². The molecule has 0 aliphatic carbocycles. The Morgan fingerprint density at radius 3 is 3.24 bits per heavy atom. The third-order valence-electron chi connectivity index (χ3n) is 3.45. The first-order valence-corrected chi connectivity index (χ1v) is 7.68. The first-order chi connectivity index (χ1) is 8.34. The van der Waals surface area contributed by atoms with Gasteiger partial charge in [-0.05, 0) is 56.3 Å². The van der Waals surface area contributed by atoms with Crippen LogP contribution in [0.2, 0.25) is 0 Å². The molecule has 2 rings (SSSR count). The van der Waals surface area contributed by atoms with Gasteiger partial charge in [0.15, 0.2) is 0 Å². The normalized spacial score (nSPS) is 21.8. The zero-order valence-electron chi connectivity index (χ0n) is 10.8. The van der Waals surface area contributed by atoms with Crippen LogP contribution in [0.4, 0.5) is 0 Å². The SMILES string of the molecule is C[C@@H]1CCCN(CCCNCc2cccs2)C1. The van der Waals surface area contributed by atoms with Crippen LogP contribution in [0.25, 0.3) is 0 Å². The Balaban J connectivity index is 1.51. The summed E-state index contributed by atoms with van der Waals surface area (Å²) in [4.78, 5) is 4.07. The Morgan fingerprint density at radius 2 is 2.47 bits per heavy atom. The van der Waals surface area contributed by atoms with Gasteiger partial charge in [-0.1, -0.05) is 13.0 Å². The van der Waals surface area contributed by atoms with Gasteiger partial charge in [0, 0.05) is 18.0 Å². The van der Waals surface area contributed by atoms with Crippen LogP contribution in [0.5, 0.6) is 0 Å². The first-order valence-electron chi connectivity index (χ1n) is 6.80. The topological polar surface area (TPSA) is 15.3 Å². The lowest BCUT2D eigenvalue weighted by Crippen LogP contribution is -2.36. The number of piperidine rings is 1. The van der Waals surface area contributed by atoms with Gasteiger partial charge in [-0.3, -0.25) is 0 Å². The van der Waals surface area contributed by atoms with Gasteiger partial charge in [-0.25, -0.2) is 0 Å². The first kappa shape index (κ1) is 13.1. The van der Waals surface area contributed by atoms with Crippen molar-refractivity contribution in [3.63, 3.8) is 0 Å². The van der Waals surface area contributed by atoms with Crippen LogP contribution < -0.4 is 5.32 Å². The second-order valence-electron chi connectivity index (χ2n) is 5.16.